The number of aliphatic carboxylic acids is 1. The van der Waals surface area contributed by atoms with Crippen molar-refractivity contribution < 1.29 is 29.0 Å². The fraction of sp³-hybridized carbons (Fsp3) is 0.393. The second-order valence-corrected chi connectivity index (χ2v) is 8.77. The third-order valence-electron chi connectivity index (χ3n) is 6.34. The van der Waals surface area contributed by atoms with Gasteiger partial charge in [0, 0.05) is 36.5 Å². The van der Waals surface area contributed by atoms with E-state index in [0.717, 1.165) is 31.1 Å². The largest absolute Gasteiger partial charge is 0.497 e. The number of ether oxygens (including phenoxy) is 2. The van der Waals surface area contributed by atoms with Crippen LogP contribution >= 0.6 is 0 Å². The third-order valence-corrected chi connectivity index (χ3v) is 6.34. The number of rotatable bonds is 12. The average Bonchev–Trinajstić information content (AvgIpc) is 3.15. The zero-order valence-electron chi connectivity index (χ0n) is 21.4. The lowest BCUT2D eigenvalue weighted by atomic mass is 10.1. The van der Waals surface area contributed by atoms with Gasteiger partial charge in [-0.2, -0.15) is 0 Å². The van der Waals surface area contributed by atoms with Crippen LogP contribution in [0.5, 0.6) is 11.5 Å². The van der Waals surface area contributed by atoms with Gasteiger partial charge in [-0.3, -0.25) is 19.0 Å². The first-order valence-corrected chi connectivity index (χ1v) is 12.2. The minimum atomic E-state index is -0.774. The predicted molar refractivity (Wildman–Crippen MR) is 139 cm³/mol. The van der Waals surface area contributed by atoms with E-state index in [-0.39, 0.29) is 18.2 Å². The van der Waals surface area contributed by atoms with Crippen molar-refractivity contribution in [2.75, 3.05) is 25.7 Å². The fourth-order valence-corrected chi connectivity index (χ4v) is 4.48. The summed E-state index contributed by atoms with van der Waals surface area (Å²) < 4.78 is 12.3. The van der Waals surface area contributed by atoms with Crippen molar-refractivity contribution in [3.63, 3.8) is 0 Å². The van der Waals surface area contributed by atoms with Crippen LogP contribution in [0.15, 0.2) is 42.5 Å². The van der Waals surface area contributed by atoms with E-state index in [1.54, 1.807) is 54.0 Å². The monoisotopic (exact) mass is 494 g/mol. The van der Waals surface area contributed by atoms with Crippen LogP contribution in [0.4, 0.5) is 5.69 Å². The van der Waals surface area contributed by atoms with E-state index in [4.69, 9.17) is 14.6 Å². The molecule has 3 rings (SSSR count). The molecular formula is C28H34N2O6. The summed E-state index contributed by atoms with van der Waals surface area (Å²) in [6, 6.07) is 12.4. The number of fused-ring (bicyclic) bond motifs is 1. The molecule has 0 atom stereocenters. The third kappa shape index (κ3) is 6.05. The van der Waals surface area contributed by atoms with E-state index < -0.39 is 5.97 Å². The second kappa shape index (κ2) is 12.2. The number of carboxylic acid groups (broad SMARTS) is 1. The number of aromatic nitrogens is 1. The van der Waals surface area contributed by atoms with Crippen molar-refractivity contribution in [2.24, 2.45) is 0 Å². The first-order chi connectivity index (χ1) is 17.3. The number of hydrogen-bond donors (Lipinski definition) is 1. The van der Waals surface area contributed by atoms with E-state index in [1.807, 2.05) is 19.1 Å². The lowest BCUT2D eigenvalue weighted by Crippen LogP contribution is -2.30. The van der Waals surface area contributed by atoms with Gasteiger partial charge in [0.15, 0.2) is 0 Å². The van der Waals surface area contributed by atoms with Gasteiger partial charge in [0.1, 0.15) is 11.5 Å². The van der Waals surface area contributed by atoms with Gasteiger partial charge in [-0.1, -0.05) is 19.3 Å². The Kier molecular flexibility index (Phi) is 9.11. The summed E-state index contributed by atoms with van der Waals surface area (Å²) in [6.07, 6.45) is 4.25. The maximum absolute atomic E-state index is 13.6. The van der Waals surface area contributed by atoms with Gasteiger partial charge in [-0.15, -0.1) is 0 Å². The predicted octanol–water partition coefficient (Wildman–Crippen LogP) is 5.43. The molecule has 36 heavy (non-hydrogen) atoms. The number of hydrogen-bond acceptors (Lipinski definition) is 5. The number of carboxylic acids is 1. The standard InChI is InChI=1S/C28H34N2O6/c1-19-27(29(20(2)31)17-9-7-5-6-8-10-26(32)33)24-18-23(36-4)15-16-25(24)30(19)28(34)21-11-13-22(35-3)14-12-21/h11-16,18H,5-10,17H2,1-4H3,(H,32,33). The topological polar surface area (TPSA) is 98.1 Å². The van der Waals surface area contributed by atoms with Gasteiger partial charge in [-0.25, -0.2) is 0 Å². The van der Waals surface area contributed by atoms with Crippen molar-refractivity contribution in [1.29, 1.82) is 0 Å². The molecule has 0 unspecified atom stereocenters. The zero-order chi connectivity index (χ0) is 26.2. The molecule has 0 bridgehead atoms. The summed E-state index contributed by atoms with van der Waals surface area (Å²) in [5.74, 6) is 0.224. The Balaban J connectivity index is 1.93. The molecule has 8 nitrogen and oxygen atoms in total. The minimum absolute atomic E-state index is 0.109. The molecule has 3 aromatic rings. The lowest BCUT2D eigenvalue weighted by molar-refractivity contribution is -0.137. The summed E-state index contributed by atoms with van der Waals surface area (Å²) in [5.41, 5.74) is 2.58. The number of nitrogens with zero attached hydrogens (tertiary/aromatic N) is 2. The number of benzene rings is 2. The van der Waals surface area contributed by atoms with Crippen molar-refractivity contribution in [3.8, 4) is 11.5 Å². The van der Waals surface area contributed by atoms with Crippen molar-refractivity contribution in [1.82, 2.24) is 4.57 Å². The number of anilines is 1. The highest BCUT2D eigenvalue weighted by Crippen LogP contribution is 2.37. The molecule has 0 saturated heterocycles. The van der Waals surface area contributed by atoms with Crippen LogP contribution in [-0.2, 0) is 9.59 Å². The number of carbonyl (C=O) groups is 3. The van der Waals surface area contributed by atoms with E-state index in [1.165, 1.54) is 6.92 Å². The number of amides is 1. The summed E-state index contributed by atoms with van der Waals surface area (Å²) >= 11 is 0. The fourth-order valence-electron chi connectivity index (χ4n) is 4.48. The molecule has 8 heteroatoms. The molecular weight excluding hydrogens is 460 g/mol. The molecule has 0 aliphatic carbocycles. The van der Waals surface area contributed by atoms with E-state index in [2.05, 4.69) is 0 Å². The van der Waals surface area contributed by atoms with Crippen molar-refractivity contribution in [3.05, 3.63) is 53.7 Å². The Hall–Kier alpha value is -3.81. The van der Waals surface area contributed by atoms with Crippen molar-refractivity contribution >= 4 is 34.4 Å². The Morgan fingerprint density at radius 2 is 1.50 bits per heavy atom. The van der Waals surface area contributed by atoms with Crippen LogP contribution in [0.3, 0.4) is 0 Å². The van der Waals surface area contributed by atoms with Gasteiger partial charge in [0.2, 0.25) is 5.91 Å². The molecule has 1 aromatic heterocycles. The molecule has 0 saturated carbocycles. The van der Waals surface area contributed by atoms with Gasteiger partial charge < -0.3 is 19.5 Å². The maximum atomic E-state index is 13.6. The molecule has 1 heterocycles. The first-order valence-electron chi connectivity index (χ1n) is 12.2. The minimum Gasteiger partial charge on any atom is -0.497 e. The molecule has 1 N–H and O–H groups in total. The van der Waals surface area contributed by atoms with E-state index >= 15 is 0 Å². The molecule has 0 aliphatic heterocycles. The van der Waals surface area contributed by atoms with Crippen LogP contribution in [0.2, 0.25) is 0 Å². The van der Waals surface area contributed by atoms with Crippen LogP contribution in [0.1, 0.15) is 61.5 Å². The summed E-state index contributed by atoms with van der Waals surface area (Å²) in [5, 5.41) is 9.55. The highest BCUT2D eigenvalue weighted by molar-refractivity contribution is 6.11. The Morgan fingerprint density at radius 3 is 2.11 bits per heavy atom. The molecule has 192 valence electrons. The first kappa shape index (κ1) is 26.8. The smallest absolute Gasteiger partial charge is 0.303 e. The Labute approximate surface area is 211 Å². The number of methoxy groups -OCH3 is 2. The molecule has 0 aliphatic rings. The second-order valence-electron chi connectivity index (χ2n) is 8.77. The van der Waals surface area contributed by atoms with Gasteiger partial charge >= 0.3 is 5.97 Å². The Morgan fingerprint density at radius 1 is 0.889 bits per heavy atom. The summed E-state index contributed by atoms with van der Waals surface area (Å²) in [4.78, 5) is 38.8. The summed E-state index contributed by atoms with van der Waals surface area (Å²) in [6.45, 7) is 3.88. The number of carbonyl (C=O) groups excluding carboxylic acids is 2. The maximum Gasteiger partial charge on any atom is 0.303 e. The quantitative estimate of drug-likeness (QED) is 0.337. The van der Waals surface area contributed by atoms with E-state index in [9.17, 15) is 14.4 Å². The Bertz CT molecular complexity index is 1230. The zero-order valence-corrected chi connectivity index (χ0v) is 21.4. The molecule has 2 aromatic carbocycles. The molecule has 1 amide bonds. The van der Waals surface area contributed by atoms with Crippen LogP contribution in [-0.4, -0.2) is 48.2 Å². The highest BCUT2D eigenvalue weighted by atomic mass is 16.5. The van der Waals surface area contributed by atoms with E-state index in [0.29, 0.717) is 46.9 Å². The number of unbranched alkanes of at least 4 members (excludes halogenated alkanes) is 4. The highest BCUT2D eigenvalue weighted by Gasteiger charge is 2.25. The van der Waals surface area contributed by atoms with Crippen LogP contribution in [0.25, 0.3) is 10.9 Å². The van der Waals surface area contributed by atoms with Crippen LogP contribution < -0.4 is 14.4 Å². The van der Waals surface area contributed by atoms with Crippen LogP contribution in [0, 0.1) is 6.92 Å². The molecule has 0 radical (unpaired) electrons. The van der Waals surface area contributed by atoms with Gasteiger partial charge in [0.05, 0.1) is 25.4 Å². The molecule has 0 spiro atoms. The normalized spacial score (nSPS) is 10.9. The van der Waals surface area contributed by atoms with Crippen molar-refractivity contribution in [2.45, 2.75) is 52.4 Å². The van der Waals surface area contributed by atoms with Gasteiger partial charge in [0.25, 0.3) is 5.91 Å². The SMILES string of the molecule is COc1ccc(C(=O)n2c(C)c(N(CCCCCCCC(=O)O)C(C)=O)c3cc(OC)ccc32)cc1. The lowest BCUT2D eigenvalue weighted by Gasteiger charge is -2.22. The molecule has 0 fully saturated rings. The summed E-state index contributed by atoms with van der Waals surface area (Å²) in [7, 11) is 3.16. The van der Waals surface area contributed by atoms with Gasteiger partial charge in [-0.05, 0) is 62.2 Å². The average molecular weight is 495 g/mol.